The summed E-state index contributed by atoms with van der Waals surface area (Å²) in [5.41, 5.74) is 1.02. The van der Waals surface area contributed by atoms with E-state index < -0.39 is 0 Å². The second kappa shape index (κ2) is 4.63. The van der Waals surface area contributed by atoms with Gasteiger partial charge in [0.2, 0.25) is 0 Å². The topological polar surface area (TPSA) is 9.23 Å². The molecular formula is C10H8Br2O. The molecule has 13 heavy (non-hydrogen) atoms. The monoisotopic (exact) mass is 302 g/mol. The Morgan fingerprint density at radius 3 is 2.08 bits per heavy atom. The van der Waals surface area contributed by atoms with E-state index in [1.54, 1.807) is 6.08 Å². The molecule has 0 aliphatic rings. The van der Waals surface area contributed by atoms with Crippen LogP contribution in [0.3, 0.4) is 0 Å². The van der Waals surface area contributed by atoms with Gasteiger partial charge < -0.3 is 4.74 Å². The Hall–Kier alpha value is -0.540. The first-order chi connectivity index (χ1) is 6.19. The molecule has 0 heterocycles. The summed E-state index contributed by atoms with van der Waals surface area (Å²) in [6, 6.07) is 3.85. The average molecular weight is 304 g/mol. The smallest absolute Gasteiger partial charge is 0.154 e. The molecule has 0 saturated heterocycles. The lowest BCUT2D eigenvalue weighted by molar-refractivity contribution is 0.477. The molecule has 1 nitrogen and oxygen atoms in total. The number of benzene rings is 1. The number of halogens is 2. The van der Waals surface area contributed by atoms with Gasteiger partial charge in [-0.05, 0) is 49.6 Å². The highest BCUT2D eigenvalue weighted by Crippen LogP contribution is 2.35. The van der Waals surface area contributed by atoms with Crippen LogP contribution in [0, 0.1) is 0 Å². The van der Waals surface area contributed by atoms with Crippen LogP contribution in [0.25, 0.3) is 6.08 Å². The van der Waals surface area contributed by atoms with Gasteiger partial charge in [0.05, 0.1) is 15.2 Å². The minimum absolute atomic E-state index is 0.723. The number of ether oxygens (including phenoxy) is 1. The zero-order valence-corrected chi connectivity index (χ0v) is 10.1. The third kappa shape index (κ3) is 2.45. The molecule has 0 aliphatic carbocycles. The van der Waals surface area contributed by atoms with Crippen molar-refractivity contribution >= 4 is 37.9 Å². The van der Waals surface area contributed by atoms with Gasteiger partial charge in [-0.2, -0.15) is 0 Å². The fourth-order valence-corrected chi connectivity index (χ4v) is 2.30. The van der Waals surface area contributed by atoms with Gasteiger partial charge in [0.1, 0.15) is 0 Å². The molecule has 0 fully saturated rings. The molecular weight excluding hydrogens is 296 g/mol. The molecule has 68 valence electrons. The van der Waals surface area contributed by atoms with Gasteiger partial charge in [0.25, 0.3) is 0 Å². The maximum absolute atomic E-state index is 5.20. The van der Waals surface area contributed by atoms with Crippen molar-refractivity contribution in [2.75, 3.05) is 0 Å². The summed E-state index contributed by atoms with van der Waals surface area (Å²) >= 11 is 6.78. The molecule has 0 bridgehead atoms. The van der Waals surface area contributed by atoms with E-state index in [1.165, 1.54) is 6.26 Å². The Labute approximate surface area is 94.4 Å². The first-order valence-electron chi connectivity index (χ1n) is 3.58. The molecule has 0 aliphatic heterocycles. The first-order valence-corrected chi connectivity index (χ1v) is 5.16. The Bertz CT molecular complexity index is 322. The van der Waals surface area contributed by atoms with Crippen molar-refractivity contribution in [2.45, 2.75) is 0 Å². The minimum atomic E-state index is 0.723. The summed E-state index contributed by atoms with van der Waals surface area (Å²) < 4.78 is 6.95. The molecule has 1 aromatic rings. The lowest BCUT2D eigenvalue weighted by atomic mass is 10.2. The van der Waals surface area contributed by atoms with Crippen LogP contribution < -0.4 is 4.74 Å². The second-order valence-corrected chi connectivity index (χ2v) is 4.01. The lowest BCUT2D eigenvalue weighted by Crippen LogP contribution is -1.85. The minimum Gasteiger partial charge on any atom is -0.463 e. The molecule has 0 radical (unpaired) electrons. The van der Waals surface area contributed by atoms with Gasteiger partial charge in [-0.25, -0.2) is 0 Å². The summed E-state index contributed by atoms with van der Waals surface area (Å²) in [5, 5.41) is 0. The van der Waals surface area contributed by atoms with Crippen LogP contribution in [-0.4, -0.2) is 0 Å². The van der Waals surface area contributed by atoms with E-state index in [4.69, 9.17) is 4.74 Å². The molecule has 0 amide bonds. The summed E-state index contributed by atoms with van der Waals surface area (Å²) in [5.74, 6) is 0.723. The maximum atomic E-state index is 5.20. The molecule has 0 unspecified atom stereocenters. The van der Waals surface area contributed by atoms with Crippen LogP contribution in [0.1, 0.15) is 5.56 Å². The highest BCUT2D eigenvalue weighted by molar-refractivity contribution is 9.11. The molecule has 0 saturated carbocycles. The summed E-state index contributed by atoms with van der Waals surface area (Å²) in [6.07, 6.45) is 3.16. The Kier molecular flexibility index (Phi) is 3.75. The molecule has 0 N–H and O–H groups in total. The van der Waals surface area contributed by atoms with E-state index in [-0.39, 0.29) is 0 Å². The first kappa shape index (κ1) is 10.5. The van der Waals surface area contributed by atoms with E-state index in [9.17, 15) is 0 Å². The number of rotatable bonds is 3. The van der Waals surface area contributed by atoms with Gasteiger partial charge in [0, 0.05) is 0 Å². The largest absolute Gasteiger partial charge is 0.463 e. The third-order valence-corrected chi connectivity index (χ3v) is 2.64. The Morgan fingerprint density at radius 2 is 1.69 bits per heavy atom. The van der Waals surface area contributed by atoms with Crippen molar-refractivity contribution in [2.24, 2.45) is 0 Å². The zero-order chi connectivity index (χ0) is 9.84. The van der Waals surface area contributed by atoms with Crippen molar-refractivity contribution in [3.05, 3.63) is 46.1 Å². The van der Waals surface area contributed by atoms with E-state index in [0.29, 0.717) is 0 Å². The van der Waals surface area contributed by atoms with E-state index in [0.717, 1.165) is 20.3 Å². The molecule has 0 atom stereocenters. The van der Waals surface area contributed by atoms with Gasteiger partial charge in [-0.1, -0.05) is 19.2 Å². The van der Waals surface area contributed by atoms with E-state index in [1.807, 2.05) is 12.1 Å². The van der Waals surface area contributed by atoms with Crippen LogP contribution >= 0.6 is 31.9 Å². The van der Waals surface area contributed by atoms with E-state index in [2.05, 4.69) is 45.0 Å². The number of hydrogen-bond acceptors (Lipinski definition) is 1. The average Bonchev–Trinajstić information content (AvgIpc) is 2.11. The van der Waals surface area contributed by atoms with Gasteiger partial charge >= 0.3 is 0 Å². The van der Waals surface area contributed by atoms with Crippen molar-refractivity contribution in [1.29, 1.82) is 0 Å². The fraction of sp³-hybridized carbons (Fsp3) is 0. The lowest BCUT2D eigenvalue weighted by Gasteiger charge is -2.06. The van der Waals surface area contributed by atoms with Gasteiger partial charge in [0.15, 0.2) is 5.75 Å². The zero-order valence-electron chi connectivity index (χ0n) is 6.89. The van der Waals surface area contributed by atoms with Crippen LogP contribution in [0.15, 0.2) is 40.5 Å². The summed E-state index contributed by atoms with van der Waals surface area (Å²) in [6.45, 7) is 7.18. The summed E-state index contributed by atoms with van der Waals surface area (Å²) in [7, 11) is 0. The quantitative estimate of drug-likeness (QED) is 0.753. The molecule has 1 aromatic carbocycles. The highest BCUT2D eigenvalue weighted by atomic mass is 79.9. The predicted molar refractivity (Wildman–Crippen MR) is 62.8 cm³/mol. The predicted octanol–water partition coefficient (Wildman–Crippen LogP) is 4.38. The SMILES string of the molecule is C=COc1c(Br)cc(C=C)cc1Br. The van der Waals surface area contributed by atoms with Crippen molar-refractivity contribution in [3.63, 3.8) is 0 Å². The van der Waals surface area contributed by atoms with E-state index >= 15 is 0 Å². The number of hydrogen-bond donors (Lipinski definition) is 0. The maximum Gasteiger partial charge on any atom is 0.154 e. The Balaban J connectivity index is 3.21. The normalized spacial score (nSPS) is 9.38. The van der Waals surface area contributed by atoms with Crippen molar-refractivity contribution in [1.82, 2.24) is 0 Å². The molecule has 3 heteroatoms. The standard InChI is InChI=1S/C10H8Br2O/c1-3-7-5-8(11)10(13-4-2)9(12)6-7/h3-6H,1-2H2. The van der Waals surface area contributed by atoms with Crippen LogP contribution in [-0.2, 0) is 0 Å². The fourth-order valence-electron chi connectivity index (χ4n) is 0.893. The third-order valence-electron chi connectivity index (χ3n) is 1.46. The van der Waals surface area contributed by atoms with Crippen LogP contribution in [0.2, 0.25) is 0 Å². The van der Waals surface area contributed by atoms with Crippen LogP contribution in [0.4, 0.5) is 0 Å². The van der Waals surface area contributed by atoms with Gasteiger partial charge in [-0.15, -0.1) is 0 Å². The second-order valence-electron chi connectivity index (χ2n) is 2.30. The van der Waals surface area contributed by atoms with Crippen molar-refractivity contribution < 1.29 is 4.74 Å². The highest BCUT2D eigenvalue weighted by Gasteiger charge is 2.06. The molecule has 0 aromatic heterocycles. The molecule has 0 spiro atoms. The van der Waals surface area contributed by atoms with Crippen LogP contribution in [0.5, 0.6) is 5.75 Å². The Morgan fingerprint density at radius 1 is 1.15 bits per heavy atom. The summed E-state index contributed by atoms with van der Waals surface area (Å²) in [4.78, 5) is 0. The molecule has 1 rings (SSSR count). The van der Waals surface area contributed by atoms with Crippen molar-refractivity contribution in [3.8, 4) is 5.75 Å². The van der Waals surface area contributed by atoms with Gasteiger partial charge in [-0.3, -0.25) is 0 Å².